The molecule has 6 aliphatic carbocycles. The van der Waals surface area contributed by atoms with E-state index in [1.165, 1.54) is 12.8 Å². The van der Waals surface area contributed by atoms with Crippen molar-refractivity contribution >= 4 is 0 Å². The average Bonchev–Trinajstić information content (AvgIpc) is 3.34. The van der Waals surface area contributed by atoms with Gasteiger partial charge in [-0.15, -0.1) is 0 Å². The van der Waals surface area contributed by atoms with Gasteiger partial charge in [0.1, 0.15) is 0 Å². The zero-order valence-electron chi connectivity index (χ0n) is 15.0. The molecule has 0 aromatic carbocycles. The molecule has 8 bridgehead atoms. The summed E-state index contributed by atoms with van der Waals surface area (Å²) < 4.78 is 6.96. The molecular weight excluding hydrogens is 292 g/mol. The molecule has 0 aromatic rings. The average molecular weight is 322 g/mol. The Morgan fingerprint density at radius 3 is 2.58 bits per heavy atom. The van der Waals surface area contributed by atoms with Crippen LogP contribution in [0, 0.1) is 76.4 Å². The maximum absolute atomic E-state index is 6.96. The number of hydrogen-bond acceptors (Lipinski definition) is 1. The quantitative estimate of drug-likeness (QED) is 0.475. The summed E-state index contributed by atoms with van der Waals surface area (Å²) in [4.78, 5) is 0. The number of ether oxygens (including phenoxy) is 1. The lowest BCUT2D eigenvalue weighted by Gasteiger charge is -2.53. The van der Waals surface area contributed by atoms with Gasteiger partial charge in [0, 0.05) is 5.41 Å². The van der Waals surface area contributed by atoms with Crippen LogP contribution in [0.2, 0.25) is 0 Å². The van der Waals surface area contributed by atoms with Crippen molar-refractivity contribution < 1.29 is 4.74 Å². The fraction of sp³-hybridized carbons (Fsp3) is 0.913. The predicted octanol–water partition coefficient (Wildman–Crippen LogP) is 4.39. The second kappa shape index (κ2) is 3.57. The predicted molar refractivity (Wildman–Crippen MR) is 91.9 cm³/mol. The lowest BCUT2D eigenvalue weighted by Crippen LogP contribution is -2.55. The van der Waals surface area contributed by atoms with Crippen LogP contribution < -0.4 is 0 Å². The topological polar surface area (TPSA) is 9.23 Å². The van der Waals surface area contributed by atoms with E-state index in [1.807, 2.05) is 0 Å². The van der Waals surface area contributed by atoms with E-state index in [-0.39, 0.29) is 0 Å². The number of allylic oxidation sites excluding steroid dienone is 2. The highest BCUT2D eigenvalue weighted by molar-refractivity contribution is 5.31. The summed E-state index contributed by atoms with van der Waals surface area (Å²) in [6, 6.07) is 0. The maximum atomic E-state index is 6.96. The van der Waals surface area contributed by atoms with E-state index in [4.69, 9.17) is 4.74 Å². The Balaban J connectivity index is 1.27. The van der Waals surface area contributed by atoms with Gasteiger partial charge in [0.25, 0.3) is 0 Å². The molecule has 24 heavy (non-hydrogen) atoms. The van der Waals surface area contributed by atoms with E-state index in [1.54, 1.807) is 12.8 Å². The van der Waals surface area contributed by atoms with Gasteiger partial charge >= 0.3 is 0 Å². The standard InChI is InChI=1S/C23H30O/c1-9-5-12-7-13(9)19-18(12)21-20-14-8-15(23(20,2)22(19)24-21)17-11-4-3-10(6-11)16(14)17/h3-4,9-22H,5-8H2,1-2H3. The largest absolute Gasteiger partial charge is 0.373 e. The second-order valence-corrected chi connectivity index (χ2v) is 11.5. The molecule has 0 N–H and O–H groups in total. The first kappa shape index (κ1) is 13.0. The summed E-state index contributed by atoms with van der Waals surface area (Å²) in [5.74, 6) is 11.9. The summed E-state index contributed by atoms with van der Waals surface area (Å²) >= 11 is 0. The molecule has 1 nitrogen and oxygen atoms in total. The Morgan fingerprint density at radius 1 is 0.875 bits per heavy atom. The Kier molecular flexibility index (Phi) is 1.93. The van der Waals surface area contributed by atoms with Crippen molar-refractivity contribution in [3.8, 4) is 0 Å². The Bertz CT molecular complexity index is 682. The molecule has 128 valence electrons. The summed E-state index contributed by atoms with van der Waals surface area (Å²) in [5.41, 5.74) is 0.556. The Morgan fingerprint density at radius 2 is 1.71 bits per heavy atom. The molecule has 2 saturated heterocycles. The van der Waals surface area contributed by atoms with Gasteiger partial charge in [-0.2, -0.15) is 0 Å². The number of hydrogen-bond donors (Lipinski definition) is 0. The van der Waals surface area contributed by atoms with Crippen LogP contribution in [0.4, 0.5) is 0 Å². The first-order chi connectivity index (χ1) is 11.7. The molecule has 0 radical (unpaired) electrons. The minimum absolute atomic E-state index is 0.556. The van der Waals surface area contributed by atoms with Crippen molar-refractivity contribution in [2.75, 3.05) is 0 Å². The molecule has 0 spiro atoms. The van der Waals surface area contributed by atoms with Crippen LogP contribution in [-0.4, -0.2) is 12.2 Å². The van der Waals surface area contributed by atoms with Crippen molar-refractivity contribution in [2.45, 2.75) is 51.7 Å². The molecule has 0 amide bonds. The number of rotatable bonds is 0. The van der Waals surface area contributed by atoms with Gasteiger partial charge in [0.2, 0.25) is 0 Å². The molecule has 2 heterocycles. The second-order valence-electron chi connectivity index (χ2n) is 11.5. The first-order valence-electron chi connectivity index (χ1n) is 11.0. The van der Waals surface area contributed by atoms with Crippen molar-refractivity contribution in [3.05, 3.63) is 12.2 Å². The minimum Gasteiger partial charge on any atom is -0.373 e. The highest BCUT2D eigenvalue weighted by Gasteiger charge is 2.81. The van der Waals surface area contributed by atoms with Crippen LogP contribution in [0.3, 0.4) is 0 Å². The summed E-state index contributed by atoms with van der Waals surface area (Å²) in [7, 11) is 0. The number of fused-ring (bicyclic) bond motifs is 23. The SMILES string of the molecule is CC1CC2CC1C1C2C2OC1C1(C)C3CC(C4C5C=CC(C5)C43)C21. The van der Waals surface area contributed by atoms with Gasteiger partial charge in [-0.05, 0) is 96.7 Å². The summed E-state index contributed by atoms with van der Waals surface area (Å²) in [6.45, 7) is 5.26. The molecule has 2 aliphatic heterocycles. The van der Waals surface area contributed by atoms with Gasteiger partial charge in [-0.25, -0.2) is 0 Å². The van der Waals surface area contributed by atoms with Crippen molar-refractivity contribution in [2.24, 2.45) is 76.4 Å². The molecule has 5 saturated carbocycles. The molecule has 0 aromatic heterocycles. The van der Waals surface area contributed by atoms with Crippen LogP contribution in [-0.2, 0) is 4.74 Å². The lowest BCUT2D eigenvalue weighted by atomic mass is 9.48. The lowest BCUT2D eigenvalue weighted by molar-refractivity contribution is -0.0545. The van der Waals surface area contributed by atoms with E-state index < -0.39 is 0 Å². The molecule has 15 atom stereocenters. The van der Waals surface area contributed by atoms with Gasteiger partial charge in [0.15, 0.2) is 0 Å². The zero-order chi connectivity index (χ0) is 15.5. The molecule has 8 aliphatic rings. The minimum atomic E-state index is 0.556. The third-order valence-corrected chi connectivity index (χ3v) is 11.5. The van der Waals surface area contributed by atoms with E-state index in [2.05, 4.69) is 26.0 Å². The summed E-state index contributed by atoms with van der Waals surface area (Å²) in [6.07, 6.45) is 12.7. The van der Waals surface area contributed by atoms with E-state index in [0.29, 0.717) is 17.6 Å². The van der Waals surface area contributed by atoms with Crippen LogP contribution >= 0.6 is 0 Å². The van der Waals surface area contributed by atoms with E-state index >= 15 is 0 Å². The molecule has 1 heteroatoms. The smallest absolute Gasteiger partial charge is 0.0673 e. The van der Waals surface area contributed by atoms with Gasteiger partial charge in [-0.3, -0.25) is 0 Å². The molecule has 7 fully saturated rings. The molecule has 8 rings (SSSR count). The van der Waals surface area contributed by atoms with Gasteiger partial charge in [-0.1, -0.05) is 26.0 Å². The summed E-state index contributed by atoms with van der Waals surface area (Å²) in [5, 5.41) is 0. The van der Waals surface area contributed by atoms with Crippen molar-refractivity contribution in [1.82, 2.24) is 0 Å². The third-order valence-electron chi connectivity index (χ3n) is 11.5. The fourth-order valence-corrected chi connectivity index (χ4v) is 11.4. The first-order valence-corrected chi connectivity index (χ1v) is 11.0. The Labute approximate surface area is 145 Å². The highest BCUT2D eigenvalue weighted by Crippen LogP contribution is 2.81. The third kappa shape index (κ3) is 1.04. The maximum Gasteiger partial charge on any atom is 0.0673 e. The van der Waals surface area contributed by atoms with Crippen LogP contribution in [0.25, 0.3) is 0 Å². The fourth-order valence-electron chi connectivity index (χ4n) is 11.4. The highest BCUT2D eigenvalue weighted by atomic mass is 16.5. The zero-order valence-corrected chi connectivity index (χ0v) is 15.0. The van der Waals surface area contributed by atoms with E-state index in [0.717, 1.165) is 71.0 Å². The van der Waals surface area contributed by atoms with Crippen molar-refractivity contribution in [1.29, 1.82) is 0 Å². The Hall–Kier alpha value is -0.300. The monoisotopic (exact) mass is 322 g/mol. The van der Waals surface area contributed by atoms with Gasteiger partial charge < -0.3 is 4.74 Å². The normalized spacial score (nSPS) is 77.6. The van der Waals surface area contributed by atoms with Crippen LogP contribution in [0.15, 0.2) is 12.2 Å². The van der Waals surface area contributed by atoms with Gasteiger partial charge in [0.05, 0.1) is 12.2 Å². The van der Waals surface area contributed by atoms with Crippen LogP contribution in [0.1, 0.15) is 39.5 Å². The molecule has 15 unspecified atom stereocenters. The van der Waals surface area contributed by atoms with E-state index in [9.17, 15) is 0 Å². The molecular formula is C23H30O. The van der Waals surface area contributed by atoms with Crippen molar-refractivity contribution in [3.63, 3.8) is 0 Å². The van der Waals surface area contributed by atoms with Crippen LogP contribution in [0.5, 0.6) is 0 Å².